The van der Waals surface area contributed by atoms with Gasteiger partial charge in [-0.3, -0.25) is 9.36 Å². The van der Waals surface area contributed by atoms with Crippen molar-refractivity contribution in [2.45, 2.75) is 5.16 Å². The van der Waals surface area contributed by atoms with Crippen LogP contribution in [0.3, 0.4) is 0 Å². The van der Waals surface area contributed by atoms with Crippen LogP contribution in [0.2, 0.25) is 0 Å². The second kappa shape index (κ2) is 7.96. The van der Waals surface area contributed by atoms with E-state index < -0.39 is 11.9 Å². The Morgan fingerprint density at radius 1 is 1.22 bits per heavy atom. The molecule has 1 aromatic heterocycles. The summed E-state index contributed by atoms with van der Waals surface area (Å²) in [4.78, 5) is 28.5. The number of ether oxygens (including phenoxy) is 1. The quantitative estimate of drug-likeness (QED) is 0.399. The number of hydrogen-bond donors (Lipinski definition) is 2. The van der Waals surface area contributed by atoms with Crippen molar-refractivity contribution in [3.05, 3.63) is 66.0 Å². The summed E-state index contributed by atoms with van der Waals surface area (Å²) in [7, 11) is 1.22. The normalized spacial score (nSPS) is 10.4. The SMILES string of the molecule is COC(=O)c1cccc(NC(=O)c2cccc(-n3ccnc3SC)c2)c1O. The Kier molecular flexibility index (Phi) is 5.46. The number of nitrogens with zero attached hydrogens (tertiary/aromatic N) is 2. The van der Waals surface area contributed by atoms with Crippen molar-refractivity contribution in [1.82, 2.24) is 9.55 Å². The van der Waals surface area contributed by atoms with Gasteiger partial charge in [-0.15, -0.1) is 0 Å². The number of thioether (sulfide) groups is 1. The Bertz CT molecular complexity index is 1000. The van der Waals surface area contributed by atoms with Gasteiger partial charge in [0.15, 0.2) is 10.9 Å². The molecule has 7 nitrogen and oxygen atoms in total. The summed E-state index contributed by atoms with van der Waals surface area (Å²) >= 11 is 1.50. The van der Waals surface area contributed by atoms with Crippen molar-refractivity contribution >= 4 is 29.3 Å². The average Bonchev–Trinajstić information content (AvgIpc) is 3.18. The third-order valence-electron chi connectivity index (χ3n) is 3.87. The van der Waals surface area contributed by atoms with E-state index in [1.165, 1.54) is 31.0 Å². The maximum atomic E-state index is 12.6. The number of para-hydroxylation sites is 1. The Morgan fingerprint density at radius 3 is 2.74 bits per heavy atom. The zero-order valence-electron chi connectivity index (χ0n) is 14.7. The van der Waals surface area contributed by atoms with E-state index in [1.807, 2.05) is 23.1 Å². The number of hydrogen-bond acceptors (Lipinski definition) is 6. The van der Waals surface area contributed by atoms with Crippen molar-refractivity contribution in [3.63, 3.8) is 0 Å². The molecule has 0 aliphatic rings. The van der Waals surface area contributed by atoms with Gasteiger partial charge in [0, 0.05) is 23.6 Å². The summed E-state index contributed by atoms with van der Waals surface area (Å²) in [6.45, 7) is 0. The molecular weight excluding hydrogens is 366 g/mol. The van der Waals surface area contributed by atoms with Gasteiger partial charge < -0.3 is 15.2 Å². The molecule has 0 fully saturated rings. The molecule has 0 atom stereocenters. The predicted octanol–water partition coefficient (Wildman–Crippen LogP) is 3.34. The first-order valence-electron chi connectivity index (χ1n) is 7.94. The van der Waals surface area contributed by atoms with Crippen LogP contribution in [-0.2, 0) is 4.74 Å². The fourth-order valence-electron chi connectivity index (χ4n) is 2.55. The first-order valence-corrected chi connectivity index (χ1v) is 9.17. The Hall–Kier alpha value is -3.26. The smallest absolute Gasteiger partial charge is 0.341 e. The van der Waals surface area contributed by atoms with Crippen LogP contribution < -0.4 is 5.32 Å². The van der Waals surface area contributed by atoms with E-state index >= 15 is 0 Å². The molecule has 138 valence electrons. The number of aromatic hydroxyl groups is 1. The molecule has 1 amide bonds. The fraction of sp³-hybridized carbons (Fsp3) is 0.105. The third-order valence-corrected chi connectivity index (χ3v) is 4.53. The van der Waals surface area contributed by atoms with Crippen LogP contribution in [0.5, 0.6) is 5.75 Å². The highest BCUT2D eigenvalue weighted by Crippen LogP contribution is 2.28. The van der Waals surface area contributed by atoms with E-state index in [0.29, 0.717) is 5.56 Å². The summed E-state index contributed by atoms with van der Waals surface area (Å²) in [6, 6.07) is 11.5. The maximum absolute atomic E-state index is 12.6. The number of benzene rings is 2. The second-order valence-electron chi connectivity index (χ2n) is 5.48. The van der Waals surface area contributed by atoms with Gasteiger partial charge in [-0.2, -0.15) is 0 Å². The van der Waals surface area contributed by atoms with Gasteiger partial charge in [0.2, 0.25) is 0 Å². The van der Waals surface area contributed by atoms with Gasteiger partial charge in [0.1, 0.15) is 5.56 Å². The predicted molar refractivity (Wildman–Crippen MR) is 103 cm³/mol. The Balaban J connectivity index is 1.88. The Morgan fingerprint density at radius 2 is 2.00 bits per heavy atom. The van der Waals surface area contributed by atoms with Gasteiger partial charge in [-0.25, -0.2) is 9.78 Å². The zero-order valence-corrected chi connectivity index (χ0v) is 15.5. The number of esters is 1. The van der Waals surface area contributed by atoms with Crippen molar-refractivity contribution < 1.29 is 19.4 Å². The van der Waals surface area contributed by atoms with Crippen LogP contribution in [0.25, 0.3) is 5.69 Å². The molecule has 0 aliphatic heterocycles. The summed E-state index contributed by atoms with van der Waals surface area (Å²) < 4.78 is 6.49. The van der Waals surface area contributed by atoms with Crippen molar-refractivity contribution in [2.75, 3.05) is 18.7 Å². The molecule has 0 saturated carbocycles. The molecular formula is C19H17N3O4S. The van der Waals surface area contributed by atoms with Crippen LogP contribution >= 0.6 is 11.8 Å². The zero-order chi connectivity index (χ0) is 19.4. The van der Waals surface area contributed by atoms with E-state index in [4.69, 9.17) is 0 Å². The van der Waals surface area contributed by atoms with E-state index in [2.05, 4.69) is 15.0 Å². The van der Waals surface area contributed by atoms with Crippen LogP contribution in [-0.4, -0.2) is 39.9 Å². The standard InChI is InChI=1S/C19H17N3O4S/c1-26-18(25)14-7-4-8-15(16(14)23)21-17(24)12-5-3-6-13(11-12)22-10-9-20-19(22)27-2/h3-11,23H,1-2H3,(H,21,24). The number of aromatic nitrogens is 2. The number of methoxy groups -OCH3 is 1. The van der Waals surface area contributed by atoms with Gasteiger partial charge in [0.25, 0.3) is 5.91 Å². The van der Waals surface area contributed by atoms with E-state index in [1.54, 1.807) is 30.5 Å². The van der Waals surface area contributed by atoms with Crippen molar-refractivity contribution in [1.29, 1.82) is 0 Å². The molecule has 0 saturated heterocycles. The number of rotatable bonds is 5. The second-order valence-corrected chi connectivity index (χ2v) is 6.26. The van der Waals surface area contributed by atoms with Gasteiger partial charge in [0.05, 0.1) is 12.8 Å². The molecule has 1 heterocycles. The number of imidazole rings is 1. The highest BCUT2D eigenvalue weighted by atomic mass is 32.2. The summed E-state index contributed by atoms with van der Waals surface area (Å²) in [5.74, 6) is -1.44. The molecule has 0 aliphatic carbocycles. The number of carbonyl (C=O) groups excluding carboxylic acids is 2. The third kappa shape index (κ3) is 3.80. The Labute approximate surface area is 160 Å². The number of nitrogens with one attached hydrogen (secondary N) is 1. The fourth-order valence-corrected chi connectivity index (χ4v) is 3.08. The minimum absolute atomic E-state index is 0.0212. The van der Waals surface area contributed by atoms with E-state index in [0.717, 1.165) is 10.8 Å². The summed E-state index contributed by atoms with van der Waals surface area (Å²) in [5.41, 5.74) is 1.29. The molecule has 27 heavy (non-hydrogen) atoms. The minimum Gasteiger partial charge on any atom is -0.505 e. The number of anilines is 1. The first-order chi connectivity index (χ1) is 13.0. The largest absolute Gasteiger partial charge is 0.505 e. The molecule has 0 spiro atoms. The lowest BCUT2D eigenvalue weighted by atomic mass is 10.1. The van der Waals surface area contributed by atoms with Crippen LogP contribution in [0.15, 0.2) is 60.0 Å². The summed E-state index contributed by atoms with van der Waals surface area (Å²) in [6.07, 6.45) is 5.43. The lowest BCUT2D eigenvalue weighted by Gasteiger charge is -2.11. The monoisotopic (exact) mass is 383 g/mol. The number of phenolic OH excluding ortho intramolecular Hbond substituents is 1. The molecule has 3 aromatic rings. The van der Waals surface area contributed by atoms with Crippen molar-refractivity contribution in [2.24, 2.45) is 0 Å². The number of carbonyl (C=O) groups is 2. The lowest BCUT2D eigenvalue weighted by molar-refractivity contribution is 0.0597. The lowest BCUT2D eigenvalue weighted by Crippen LogP contribution is -2.13. The molecule has 3 rings (SSSR count). The van der Waals surface area contributed by atoms with Crippen molar-refractivity contribution in [3.8, 4) is 11.4 Å². The topological polar surface area (TPSA) is 93.5 Å². The average molecular weight is 383 g/mol. The van der Waals surface area contributed by atoms with E-state index in [9.17, 15) is 14.7 Å². The molecule has 8 heteroatoms. The van der Waals surface area contributed by atoms with E-state index in [-0.39, 0.29) is 17.0 Å². The maximum Gasteiger partial charge on any atom is 0.341 e. The number of phenols is 1. The molecule has 2 N–H and O–H groups in total. The van der Waals surface area contributed by atoms with Gasteiger partial charge in [-0.1, -0.05) is 23.9 Å². The van der Waals surface area contributed by atoms with Crippen LogP contribution in [0, 0.1) is 0 Å². The number of amides is 1. The highest BCUT2D eigenvalue weighted by molar-refractivity contribution is 7.98. The highest BCUT2D eigenvalue weighted by Gasteiger charge is 2.17. The first kappa shape index (κ1) is 18.5. The summed E-state index contributed by atoms with van der Waals surface area (Å²) in [5, 5.41) is 13.7. The van der Waals surface area contributed by atoms with Crippen LogP contribution in [0.1, 0.15) is 20.7 Å². The minimum atomic E-state index is -0.685. The molecule has 0 radical (unpaired) electrons. The van der Waals surface area contributed by atoms with Gasteiger partial charge >= 0.3 is 5.97 Å². The molecule has 0 unspecified atom stereocenters. The molecule has 0 bridgehead atoms. The van der Waals surface area contributed by atoms with Gasteiger partial charge in [-0.05, 0) is 36.6 Å². The molecule has 2 aromatic carbocycles. The van der Waals surface area contributed by atoms with Crippen LogP contribution in [0.4, 0.5) is 5.69 Å².